The van der Waals surface area contributed by atoms with Crippen LogP contribution in [0.25, 0.3) is 23.0 Å². The number of hydrogen-bond donors (Lipinski definition) is 0. The van der Waals surface area contributed by atoms with E-state index in [0.717, 1.165) is 9.13 Å². The molecule has 3 rings (SSSR count). The average Bonchev–Trinajstić information content (AvgIpc) is 2.90. The molecule has 0 saturated heterocycles. The summed E-state index contributed by atoms with van der Waals surface area (Å²) >= 11 is 2.24. The van der Waals surface area contributed by atoms with Crippen LogP contribution in [-0.2, 0) is 0 Å². The molecule has 0 amide bonds. The lowest BCUT2D eigenvalue weighted by Crippen LogP contribution is -1.85. The molecule has 0 bridgehead atoms. The zero-order valence-corrected chi connectivity index (χ0v) is 11.4. The number of nitrogens with zero attached hydrogens (tertiary/aromatic N) is 3. The Kier molecular flexibility index (Phi) is 3.06. The molecule has 3 aromatic rings. The quantitative estimate of drug-likeness (QED) is 0.666. The molecular weight excluding hydrogens is 341 g/mol. The highest BCUT2D eigenvalue weighted by Gasteiger charge is 2.12. The second-order valence-electron chi connectivity index (χ2n) is 3.62. The number of rotatable bonds is 2. The second kappa shape index (κ2) is 4.85. The zero-order valence-electron chi connectivity index (χ0n) is 9.25. The minimum atomic E-state index is 0.505. The van der Waals surface area contributed by atoms with Crippen molar-refractivity contribution in [3.05, 3.63) is 52.2 Å². The van der Waals surface area contributed by atoms with Crippen LogP contribution in [0.3, 0.4) is 0 Å². The van der Waals surface area contributed by atoms with Crippen molar-refractivity contribution >= 4 is 22.6 Å². The number of aromatic nitrogens is 3. The highest BCUT2D eigenvalue weighted by molar-refractivity contribution is 14.1. The molecular formula is C13H8IN3O. The topological polar surface area (TPSA) is 51.8 Å². The summed E-state index contributed by atoms with van der Waals surface area (Å²) in [6, 6.07) is 13.5. The normalized spacial score (nSPS) is 10.5. The average molecular weight is 349 g/mol. The van der Waals surface area contributed by atoms with E-state index in [9.17, 15) is 0 Å². The van der Waals surface area contributed by atoms with Gasteiger partial charge in [-0.1, -0.05) is 23.4 Å². The molecule has 0 spiro atoms. The number of pyridine rings is 1. The molecule has 2 heterocycles. The molecule has 0 saturated carbocycles. The zero-order chi connectivity index (χ0) is 12.4. The highest BCUT2D eigenvalue weighted by atomic mass is 127. The maximum Gasteiger partial charge on any atom is 0.259 e. The summed E-state index contributed by atoms with van der Waals surface area (Å²) in [6.45, 7) is 0. The first-order chi connectivity index (χ1) is 8.84. The van der Waals surface area contributed by atoms with Crippen LogP contribution >= 0.6 is 22.6 Å². The lowest BCUT2D eigenvalue weighted by molar-refractivity contribution is 0.432. The summed E-state index contributed by atoms with van der Waals surface area (Å²) in [5.41, 5.74) is 1.64. The van der Waals surface area contributed by atoms with Gasteiger partial charge in [0.15, 0.2) is 0 Å². The number of hydrogen-bond acceptors (Lipinski definition) is 4. The van der Waals surface area contributed by atoms with E-state index in [2.05, 4.69) is 37.7 Å². The van der Waals surface area contributed by atoms with Crippen LogP contribution in [0.1, 0.15) is 0 Å². The van der Waals surface area contributed by atoms with E-state index in [4.69, 9.17) is 4.52 Å². The molecule has 18 heavy (non-hydrogen) atoms. The van der Waals surface area contributed by atoms with Gasteiger partial charge in [-0.3, -0.25) is 4.98 Å². The first kappa shape index (κ1) is 11.3. The molecule has 2 aromatic heterocycles. The van der Waals surface area contributed by atoms with Gasteiger partial charge in [-0.05, 0) is 46.9 Å². The fourth-order valence-electron chi connectivity index (χ4n) is 1.57. The van der Waals surface area contributed by atoms with E-state index in [1.165, 1.54) is 0 Å². The van der Waals surface area contributed by atoms with Gasteiger partial charge < -0.3 is 4.52 Å². The molecule has 88 valence electrons. The number of halogens is 1. The molecule has 1 aromatic carbocycles. The van der Waals surface area contributed by atoms with Gasteiger partial charge in [-0.2, -0.15) is 4.98 Å². The molecule has 0 radical (unpaired) electrons. The Bertz CT molecular complexity index is 667. The third-order valence-electron chi connectivity index (χ3n) is 2.42. The molecule has 4 nitrogen and oxygen atoms in total. The summed E-state index contributed by atoms with van der Waals surface area (Å²) in [4.78, 5) is 8.56. The molecule has 0 fully saturated rings. The van der Waals surface area contributed by atoms with E-state index in [0.29, 0.717) is 17.4 Å². The van der Waals surface area contributed by atoms with Crippen molar-refractivity contribution in [3.8, 4) is 23.0 Å². The van der Waals surface area contributed by atoms with E-state index in [-0.39, 0.29) is 0 Å². The Balaban J connectivity index is 2.03. The Labute approximate surface area is 117 Å². The van der Waals surface area contributed by atoms with Crippen molar-refractivity contribution in [1.29, 1.82) is 0 Å². The molecule has 0 N–H and O–H groups in total. The molecule has 0 aliphatic rings. The van der Waals surface area contributed by atoms with Gasteiger partial charge in [0.1, 0.15) is 5.69 Å². The van der Waals surface area contributed by atoms with Crippen molar-refractivity contribution in [2.75, 3.05) is 0 Å². The Morgan fingerprint density at radius 3 is 2.61 bits per heavy atom. The summed E-state index contributed by atoms with van der Waals surface area (Å²) in [6.07, 6.45) is 1.71. The largest absolute Gasteiger partial charge is 0.334 e. The lowest BCUT2D eigenvalue weighted by Gasteiger charge is -1.96. The van der Waals surface area contributed by atoms with Crippen LogP contribution in [0, 0.1) is 3.57 Å². The van der Waals surface area contributed by atoms with E-state index in [1.807, 2.05) is 42.5 Å². The van der Waals surface area contributed by atoms with Gasteiger partial charge in [0.2, 0.25) is 5.82 Å². The Hall–Kier alpha value is -1.76. The van der Waals surface area contributed by atoms with E-state index < -0.39 is 0 Å². The smallest absolute Gasteiger partial charge is 0.259 e. The van der Waals surface area contributed by atoms with Gasteiger partial charge in [0.25, 0.3) is 5.89 Å². The van der Waals surface area contributed by atoms with Crippen molar-refractivity contribution in [2.24, 2.45) is 0 Å². The van der Waals surface area contributed by atoms with E-state index >= 15 is 0 Å². The third-order valence-corrected chi connectivity index (χ3v) is 3.36. The van der Waals surface area contributed by atoms with Crippen molar-refractivity contribution in [2.45, 2.75) is 0 Å². The highest BCUT2D eigenvalue weighted by Crippen LogP contribution is 2.25. The predicted octanol–water partition coefficient (Wildman–Crippen LogP) is 3.40. The standard InChI is InChI=1S/C13H8IN3O/c14-10-6-2-1-5-9(10)13-16-12(17-18-13)11-7-3-4-8-15-11/h1-8H. The fraction of sp³-hybridized carbons (Fsp3) is 0. The monoisotopic (exact) mass is 349 g/mol. The lowest BCUT2D eigenvalue weighted by atomic mass is 10.2. The molecule has 5 heteroatoms. The van der Waals surface area contributed by atoms with Crippen molar-refractivity contribution < 1.29 is 4.52 Å². The van der Waals surface area contributed by atoms with Crippen molar-refractivity contribution in [1.82, 2.24) is 15.1 Å². The molecule has 0 aliphatic heterocycles. The minimum absolute atomic E-state index is 0.505. The summed E-state index contributed by atoms with van der Waals surface area (Å²) < 4.78 is 6.36. The van der Waals surface area contributed by atoms with Gasteiger partial charge in [-0.15, -0.1) is 0 Å². The number of benzene rings is 1. The molecule has 0 unspecified atom stereocenters. The van der Waals surface area contributed by atoms with Crippen LogP contribution in [0.15, 0.2) is 53.2 Å². The summed E-state index contributed by atoms with van der Waals surface area (Å²) in [7, 11) is 0. The molecule has 0 aliphatic carbocycles. The van der Waals surface area contributed by atoms with Crippen molar-refractivity contribution in [3.63, 3.8) is 0 Å². The SMILES string of the molecule is Ic1ccccc1-c1nc(-c2ccccn2)no1. The first-order valence-corrected chi connectivity index (χ1v) is 6.42. The Morgan fingerprint density at radius 2 is 1.83 bits per heavy atom. The summed E-state index contributed by atoms with van der Waals surface area (Å²) in [5.74, 6) is 1.02. The van der Waals surface area contributed by atoms with Gasteiger partial charge >= 0.3 is 0 Å². The maximum atomic E-state index is 5.28. The van der Waals surface area contributed by atoms with Crippen LogP contribution in [0.4, 0.5) is 0 Å². The molecule has 0 atom stereocenters. The van der Waals surface area contributed by atoms with Crippen LogP contribution in [0.2, 0.25) is 0 Å². The first-order valence-electron chi connectivity index (χ1n) is 5.34. The second-order valence-corrected chi connectivity index (χ2v) is 4.78. The fourth-order valence-corrected chi connectivity index (χ4v) is 2.18. The van der Waals surface area contributed by atoms with Gasteiger partial charge in [-0.25, -0.2) is 0 Å². The van der Waals surface area contributed by atoms with Crippen LogP contribution in [-0.4, -0.2) is 15.1 Å². The maximum absolute atomic E-state index is 5.28. The van der Waals surface area contributed by atoms with Gasteiger partial charge in [0, 0.05) is 9.77 Å². The van der Waals surface area contributed by atoms with E-state index in [1.54, 1.807) is 6.20 Å². The van der Waals surface area contributed by atoms with Crippen LogP contribution in [0.5, 0.6) is 0 Å². The Morgan fingerprint density at radius 1 is 1.00 bits per heavy atom. The van der Waals surface area contributed by atoms with Crippen LogP contribution < -0.4 is 0 Å². The minimum Gasteiger partial charge on any atom is -0.334 e. The predicted molar refractivity (Wildman–Crippen MR) is 75.7 cm³/mol. The summed E-state index contributed by atoms with van der Waals surface area (Å²) in [5, 5.41) is 3.95. The third kappa shape index (κ3) is 2.13. The van der Waals surface area contributed by atoms with Gasteiger partial charge in [0.05, 0.1) is 5.56 Å².